The Bertz CT molecular complexity index is 1010. The lowest BCUT2D eigenvalue weighted by atomic mass is 10.1. The van der Waals surface area contributed by atoms with Gasteiger partial charge in [-0.3, -0.25) is 4.98 Å². The smallest absolute Gasteiger partial charge is 0.322 e. The minimum Gasteiger partial charge on any atom is -0.337 e. The van der Waals surface area contributed by atoms with Gasteiger partial charge in [-0.15, -0.1) is 0 Å². The minimum absolute atomic E-state index is 0.0862. The van der Waals surface area contributed by atoms with E-state index in [1.165, 1.54) is 18.3 Å². The summed E-state index contributed by atoms with van der Waals surface area (Å²) in [5.74, 6) is -1.44. The highest BCUT2D eigenvalue weighted by Gasteiger charge is 2.23. The molecule has 4 rings (SSSR count). The zero-order valence-corrected chi connectivity index (χ0v) is 15.4. The quantitative estimate of drug-likeness (QED) is 0.736. The van der Waals surface area contributed by atoms with Crippen molar-refractivity contribution in [2.24, 2.45) is 0 Å². The molecule has 0 aliphatic carbocycles. The number of hydrogen-bond donors (Lipinski definition) is 1. The van der Waals surface area contributed by atoms with Crippen molar-refractivity contribution in [3.63, 3.8) is 0 Å². The average Bonchev–Trinajstić information content (AvgIpc) is 2.76. The van der Waals surface area contributed by atoms with Gasteiger partial charge >= 0.3 is 6.03 Å². The van der Waals surface area contributed by atoms with Crippen molar-refractivity contribution >= 4 is 17.7 Å². The SMILES string of the molecule is O=C(Nc1cccnc1)N1CCN(c2nccc(-c3cccc(F)c3F)n2)CC1. The second-order valence-corrected chi connectivity index (χ2v) is 6.49. The Labute approximate surface area is 166 Å². The second kappa shape index (κ2) is 8.17. The standard InChI is InChI=1S/C20H18F2N6O/c21-16-5-1-4-15(18(16)22)17-6-8-24-19(26-17)27-9-11-28(12-10-27)20(29)25-14-3-2-7-23-13-14/h1-8,13H,9-12H2,(H,25,29). The Hall–Kier alpha value is -3.62. The van der Waals surface area contributed by atoms with Crippen molar-refractivity contribution in [2.75, 3.05) is 36.4 Å². The molecule has 0 saturated carbocycles. The van der Waals surface area contributed by atoms with Crippen LogP contribution in [0.2, 0.25) is 0 Å². The van der Waals surface area contributed by atoms with Gasteiger partial charge in [0, 0.05) is 44.1 Å². The zero-order valence-electron chi connectivity index (χ0n) is 15.4. The molecule has 0 bridgehead atoms. The van der Waals surface area contributed by atoms with E-state index in [2.05, 4.69) is 20.3 Å². The summed E-state index contributed by atoms with van der Waals surface area (Å²) in [7, 11) is 0. The number of pyridine rings is 1. The molecule has 2 amide bonds. The van der Waals surface area contributed by atoms with Crippen LogP contribution in [0.3, 0.4) is 0 Å². The molecular formula is C20H18F2N6O. The van der Waals surface area contributed by atoms with Crippen molar-refractivity contribution in [1.29, 1.82) is 0 Å². The van der Waals surface area contributed by atoms with Crippen molar-refractivity contribution in [3.05, 3.63) is 66.6 Å². The van der Waals surface area contributed by atoms with E-state index in [1.54, 1.807) is 35.5 Å². The Kier molecular flexibility index (Phi) is 5.28. The van der Waals surface area contributed by atoms with Gasteiger partial charge in [0.05, 0.1) is 17.6 Å². The summed E-state index contributed by atoms with van der Waals surface area (Å²) in [4.78, 5) is 28.6. The van der Waals surface area contributed by atoms with Crippen LogP contribution in [0.15, 0.2) is 55.0 Å². The van der Waals surface area contributed by atoms with Gasteiger partial charge in [0.25, 0.3) is 0 Å². The highest BCUT2D eigenvalue weighted by Crippen LogP contribution is 2.24. The van der Waals surface area contributed by atoms with Gasteiger partial charge in [0.1, 0.15) is 0 Å². The van der Waals surface area contributed by atoms with Crippen LogP contribution in [0.4, 0.5) is 25.2 Å². The molecule has 0 unspecified atom stereocenters. The molecule has 148 valence electrons. The van der Waals surface area contributed by atoms with Crippen LogP contribution in [0.1, 0.15) is 0 Å². The third kappa shape index (κ3) is 4.13. The number of hydrogen-bond acceptors (Lipinski definition) is 5. The first-order chi connectivity index (χ1) is 14.1. The predicted octanol–water partition coefficient (Wildman–Crippen LogP) is 3.17. The van der Waals surface area contributed by atoms with Crippen LogP contribution in [-0.4, -0.2) is 52.1 Å². The largest absolute Gasteiger partial charge is 0.337 e. The molecule has 3 aromatic rings. The van der Waals surface area contributed by atoms with E-state index in [-0.39, 0.29) is 11.6 Å². The van der Waals surface area contributed by atoms with Gasteiger partial charge in [0.2, 0.25) is 5.95 Å². The van der Waals surface area contributed by atoms with E-state index >= 15 is 0 Å². The zero-order chi connectivity index (χ0) is 20.2. The van der Waals surface area contributed by atoms with Crippen LogP contribution in [0, 0.1) is 11.6 Å². The average molecular weight is 396 g/mol. The van der Waals surface area contributed by atoms with E-state index in [9.17, 15) is 13.6 Å². The highest BCUT2D eigenvalue weighted by atomic mass is 19.2. The van der Waals surface area contributed by atoms with E-state index in [4.69, 9.17) is 0 Å². The molecule has 2 aromatic heterocycles. The number of anilines is 2. The summed E-state index contributed by atoms with van der Waals surface area (Å²) < 4.78 is 27.6. The fourth-order valence-corrected chi connectivity index (χ4v) is 3.10. The summed E-state index contributed by atoms with van der Waals surface area (Å²) in [5, 5.41) is 2.81. The predicted molar refractivity (Wildman–Crippen MR) is 104 cm³/mol. The minimum atomic E-state index is -0.936. The summed E-state index contributed by atoms with van der Waals surface area (Å²) in [6, 6.07) is 8.84. The highest BCUT2D eigenvalue weighted by molar-refractivity contribution is 5.89. The van der Waals surface area contributed by atoms with Gasteiger partial charge in [-0.25, -0.2) is 23.5 Å². The third-order valence-corrected chi connectivity index (χ3v) is 4.63. The maximum absolute atomic E-state index is 14.1. The molecule has 0 atom stereocenters. The number of halogens is 2. The lowest BCUT2D eigenvalue weighted by molar-refractivity contribution is 0.208. The first-order valence-corrected chi connectivity index (χ1v) is 9.10. The Morgan fingerprint density at radius 2 is 1.83 bits per heavy atom. The summed E-state index contributed by atoms with van der Waals surface area (Å²) >= 11 is 0. The summed E-state index contributed by atoms with van der Waals surface area (Å²) in [5.41, 5.74) is 1.03. The molecule has 1 fully saturated rings. The molecule has 29 heavy (non-hydrogen) atoms. The number of amides is 2. The Morgan fingerprint density at radius 1 is 1.00 bits per heavy atom. The lowest BCUT2D eigenvalue weighted by Crippen LogP contribution is -2.50. The van der Waals surface area contributed by atoms with E-state index in [1.807, 2.05) is 4.90 Å². The van der Waals surface area contributed by atoms with Gasteiger partial charge < -0.3 is 15.1 Å². The molecule has 1 aliphatic rings. The number of piperazine rings is 1. The normalized spacial score (nSPS) is 14.0. The fraction of sp³-hybridized carbons (Fsp3) is 0.200. The van der Waals surface area contributed by atoms with Gasteiger partial charge in [0.15, 0.2) is 11.6 Å². The lowest BCUT2D eigenvalue weighted by Gasteiger charge is -2.34. The maximum Gasteiger partial charge on any atom is 0.322 e. The first-order valence-electron chi connectivity index (χ1n) is 9.10. The number of rotatable bonds is 3. The molecular weight excluding hydrogens is 378 g/mol. The number of urea groups is 1. The van der Waals surface area contributed by atoms with Crippen molar-refractivity contribution in [2.45, 2.75) is 0 Å². The molecule has 0 spiro atoms. The number of carbonyl (C=O) groups is 1. The summed E-state index contributed by atoms with van der Waals surface area (Å²) in [6.45, 7) is 2.01. The van der Waals surface area contributed by atoms with Crippen LogP contribution in [0.25, 0.3) is 11.3 Å². The van der Waals surface area contributed by atoms with Gasteiger partial charge in [-0.1, -0.05) is 6.07 Å². The molecule has 1 saturated heterocycles. The maximum atomic E-state index is 14.1. The number of nitrogens with one attached hydrogen (secondary N) is 1. The fourth-order valence-electron chi connectivity index (χ4n) is 3.10. The molecule has 3 heterocycles. The van der Waals surface area contributed by atoms with Crippen LogP contribution in [-0.2, 0) is 0 Å². The van der Waals surface area contributed by atoms with Crippen LogP contribution >= 0.6 is 0 Å². The summed E-state index contributed by atoms with van der Waals surface area (Å²) in [6.07, 6.45) is 4.74. The van der Waals surface area contributed by atoms with E-state index in [0.717, 1.165) is 6.07 Å². The van der Waals surface area contributed by atoms with Gasteiger partial charge in [-0.2, -0.15) is 0 Å². The second-order valence-electron chi connectivity index (χ2n) is 6.49. The molecule has 9 heteroatoms. The number of benzene rings is 1. The molecule has 0 radical (unpaired) electrons. The Morgan fingerprint density at radius 3 is 2.59 bits per heavy atom. The third-order valence-electron chi connectivity index (χ3n) is 4.63. The Balaban J connectivity index is 1.42. The molecule has 1 aromatic carbocycles. The first kappa shape index (κ1) is 18.7. The number of carbonyl (C=O) groups excluding carboxylic acids is 1. The van der Waals surface area contributed by atoms with Crippen molar-refractivity contribution in [1.82, 2.24) is 19.9 Å². The number of aromatic nitrogens is 3. The van der Waals surface area contributed by atoms with E-state index in [0.29, 0.717) is 43.5 Å². The number of nitrogens with zero attached hydrogens (tertiary/aromatic N) is 5. The molecule has 1 aliphatic heterocycles. The van der Waals surface area contributed by atoms with Crippen molar-refractivity contribution < 1.29 is 13.6 Å². The van der Waals surface area contributed by atoms with E-state index < -0.39 is 11.6 Å². The van der Waals surface area contributed by atoms with Crippen molar-refractivity contribution in [3.8, 4) is 11.3 Å². The van der Waals surface area contributed by atoms with Crippen LogP contribution < -0.4 is 10.2 Å². The monoisotopic (exact) mass is 396 g/mol. The van der Waals surface area contributed by atoms with Crippen LogP contribution in [0.5, 0.6) is 0 Å². The molecule has 7 nitrogen and oxygen atoms in total. The van der Waals surface area contributed by atoms with Gasteiger partial charge in [-0.05, 0) is 30.3 Å². The molecule has 1 N–H and O–H groups in total. The topological polar surface area (TPSA) is 74.2 Å².